The van der Waals surface area contributed by atoms with Gasteiger partial charge < -0.3 is 10.2 Å². The second-order valence-corrected chi connectivity index (χ2v) is 6.69. The monoisotopic (exact) mass is 320 g/mol. The summed E-state index contributed by atoms with van der Waals surface area (Å²) < 4.78 is 0. The van der Waals surface area contributed by atoms with Crippen molar-refractivity contribution < 1.29 is 0 Å². The van der Waals surface area contributed by atoms with Gasteiger partial charge in [-0.25, -0.2) is 0 Å². The molecule has 0 spiro atoms. The molecule has 3 N–H and O–H groups in total. The average Bonchev–Trinajstić information content (AvgIpc) is 2.63. The largest absolute Gasteiger partial charge is 0.351 e. The zero-order chi connectivity index (χ0) is 16.6. The Balaban J connectivity index is 1.76. The summed E-state index contributed by atoms with van der Waals surface area (Å²) in [7, 11) is 2.16. The van der Waals surface area contributed by atoms with Crippen molar-refractivity contribution in [2.45, 2.75) is 5.79 Å². The Morgan fingerprint density at radius 1 is 0.917 bits per heavy atom. The van der Waals surface area contributed by atoms with Gasteiger partial charge in [-0.1, -0.05) is 54.6 Å². The van der Waals surface area contributed by atoms with Crippen LogP contribution in [-0.2, 0) is 5.79 Å². The molecule has 2 aliphatic heterocycles. The third kappa shape index (κ3) is 2.63. The van der Waals surface area contributed by atoms with Gasteiger partial charge in [0.1, 0.15) is 0 Å². The van der Waals surface area contributed by atoms with Crippen LogP contribution in [0.15, 0.2) is 54.6 Å². The zero-order valence-electron chi connectivity index (χ0n) is 14.1. The molecule has 0 bridgehead atoms. The lowest BCUT2D eigenvalue weighted by molar-refractivity contribution is 0.0268. The third-order valence-electron chi connectivity index (χ3n) is 5.08. The standard InChI is InChI=1S/C20H24N4/c1-23-11-13-24(14-12-23)20(21)18-10-6-5-9-17(18)15-19(22-20)16-7-3-2-4-8-16/h2-10,15,22H,11-14,21H2,1H3. The van der Waals surface area contributed by atoms with Crippen LogP contribution in [0.5, 0.6) is 0 Å². The van der Waals surface area contributed by atoms with E-state index in [0.717, 1.165) is 43.0 Å². The number of hydrogen-bond acceptors (Lipinski definition) is 4. The van der Waals surface area contributed by atoms with Gasteiger partial charge in [-0.3, -0.25) is 10.6 Å². The molecule has 0 aromatic heterocycles. The summed E-state index contributed by atoms with van der Waals surface area (Å²) in [6, 6.07) is 18.8. The molecule has 2 heterocycles. The molecule has 24 heavy (non-hydrogen) atoms. The Labute approximate surface area is 143 Å². The number of likely N-dealkylation sites (N-methyl/N-ethyl adjacent to an activating group) is 1. The second kappa shape index (κ2) is 6.06. The van der Waals surface area contributed by atoms with Crippen molar-refractivity contribution in [3.63, 3.8) is 0 Å². The molecule has 2 aromatic rings. The molecular formula is C20H24N4. The Bertz CT molecular complexity index is 747. The number of nitrogens with zero attached hydrogens (tertiary/aromatic N) is 2. The van der Waals surface area contributed by atoms with Crippen molar-refractivity contribution in [2.75, 3.05) is 33.2 Å². The van der Waals surface area contributed by atoms with Gasteiger partial charge in [0.15, 0.2) is 5.79 Å². The van der Waals surface area contributed by atoms with Crippen molar-refractivity contribution in [1.82, 2.24) is 15.1 Å². The fourth-order valence-electron chi connectivity index (χ4n) is 3.62. The number of piperazine rings is 1. The highest BCUT2D eigenvalue weighted by Crippen LogP contribution is 2.34. The van der Waals surface area contributed by atoms with Crippen molar-refractivity contribution in [1.29, 1.82) is 0 Å². The summed E-state index contributed by atoms with van der Waals surface area (Å²) in [4.78, 5) is 4.71. The first-order valence-electron chi connectivity index (χ1n) is 8.54. The van der Waals surface area contributed by atoms with Crippen LogP contribution >= 0.6 is 0 Å². The quantitative estimate of drug-likeness (QED) is 0.889. The first-order chi connectivity index (χ1) is 11.7. The first-order valence-corrected chi connectivity index (χ1v) is 8.54. The lowest BCUT2D eigenvalue weighted by Crippen LogP contribution is -2.66. The number of hydrogen-bond donors (Lipinski definition) is 2. The first kappa shape index (κ1) is 15.4. The average molecular weight is 320 g/mol. The Morgan fingerprint density at radius 3 is 2.33 bits per heavy atom. The summed E-state index contributed by atoms with van der Waals surface area (Å²) >= 11 is 0. The lowest BCUT2D eigenvalue weighted by atomic mass is 9.93. The third-order valence-corrected chi connectivity index (χ3v) is 5.08. The predicted octanol–water partition coefficient (Wildman–Crippen LogP) is 2.10. The van der Waals surface area contributed by atoms with Gasteiger partial charge >= 0.3 is 0 Å². The maximum Gasteiger partial charge on any atom is 0.171 e. The molecule has 0 aliphatic carbocycles. The lowest BCUT2D eigenvalue weighted by Gasteiger charge is -2.48. The van der Waals surface area contributed by atoms with E-state index in [1.54, 1.807) is 0 Å². The van der Waals surface area contributed by atoms with Gasteiger partial charge in [0, 0.05) is 37.4 Å². The van der Waals surface area contributed by atoms with Crippen molar-refractivity contribution in [2.24, 2.45) is 5.73 Å². The topological polar surface area (TPSA) is 44.5 Å². The van der Waals surface area contributed by atoms with Crippen LogP contribution in [0.1, 0.15) is 16.7 Å². The highest BCUT2D eigenvalue weighted by molar-refractivity contribution is 5.84. The maximum absolute atomic E-state index is 6.97. The van der Waals surface area contributed by atoms with E-state index in [1.807, 2.05) is 6.07 Å². The number of fused-ring (bicyclic) bond motifs is 1. The molecule has 1 fully saturated rings. The van der Waals surface area contributed by atoms with Crippen molar-refractivity contribution in [3.8, 4) is 0 Å². The van der Waals surface area contributed by atoms with Crippen molar-refractivity contribution in [3.05, 3.63) is 71.3 Å². The summed E-state index contributed by atoms with van der Waals surface area (Å²) in [6.45, 7) is 3.98. The predicted molar refractivity (Wildman–Crippen MR) is 98.8 cm³/mol. The van der Waals surface area contributed by atoms with E-state index in [9.17, 15) is 0 Å². The second-order valence-electron chi connectivity index (χ2n) is 6.69. The van der Waals surface area contributed by atoms with Crippen LogP contribution in [0.25, 0.3) is 11.8 Å². The van der Waals surface area contributed by atoms with Crippen LogP contribution in [0.4, 0.5) is 0 Å². The van der Waals surface area contributed by atoms with Gasteiger partial charge in [-0.2, -0.15) is 0 Å². The highest BCUT2D eigenvalue weighted by atomic mass is 15.4. The fourth-order valence-corrected chi connectivity index (χ4v) is 3.62. The summed E-state index contributed by atoms with van der Waals surface area (Å²) in [6.07, 6.45) is 2.20. The number of benzene rings is 2. The van der Waals surface area contributed by atoms with Crippen LogP contribution < -0.4 is 11.1 Å². The van der Waals surface area contributed by atoms with E-state index in [4.69, 9.17) is 5.73 Å². The molecule has 0 radical (unpaired) electrons. The molecular weight excluding hydrogens is 296 g/mol. The van der Waals surface area contributed by atoms with E-state index >= 15 is 0 Å². The molecule has 0 amide bonds. The van der Waals surface area contributed by atoms with Crippen molar-refractivity contribution >= 4 is 11.8 Å². The fraction of sp³-hybridized carbons (Fsp3) is 0.300. The Kier molecular flexibility index (Phi) is 3.88. The molecule has 2 aliphatic rings. The van der Waals surface area contributed by atoms with Gasteiger partial charge in [-0.05, 0) is 24.3 Å². The molecule has 0 saturated carbocycles. The Morgan fingerprint density at radius 2 is 1.58 bits per heavy atom. The van der Waals surface area contributed by atoms with Crippen LogP contribution in [0.3, 0.4) is 0 Å². The minimum Gasteiger partial charge on any atom is -0.351 e. The highest BCUT2D eigenvalue weighted by Gasteiger charge is 2.40. The van der Waals surface area contributed by atoms with Gasteiger partial charge in [0.25, 0.3) is 0 Å². The van der Waals surface area contributed by atoms with Crippen LogP contribution in [0, 0.1) is 0 Å². The molecule has 1 atom stereocenters. The summed E-state index contributed by atoms with van der Waals surface area (Å²) in [5, 5.41) is 3.63. The van der Waals surface area contributed by atoms with E-state index < -0.39 is 5.79 Å². The molecule has 1 unspecified atom stereocenters. The van der Waals surface area contributed by atoms with E-state index in [1.165, 1.54) is 5.56 Å². The molecule has 124 valence electrons. The Hall–Kier alpha value is -2.14. The number of nitrogens with two attached hydrogens (primary N) is 1. The summed E-state index contributed by atoms with van der Waals surface area (Å²) in [5.74, 6) is -0.669. The summed E-state index contributed by atoms with van der Waals surface area (Å²) in [5.41, 5.74) is 11.6. The smallest absolute Gasteiger partial charge is 0.171 e. The van der Waals surface area contributed by atoms with E-state index in [0.29, 0.717) is 0 Å². The molecule has 4 heteroatoms. The zero-order valence-corrected chi connectivity index (χ0v) is 14.1. The minimum atomic E-state index is -0.669. The maximum atomic E-state index is 6.97. The SMILES string of the molecule is CN1CCN(C2(N)NC(c3ccccc3)=Cc3ccccc32)CC1. The van der Waals surface area contributed by atoms with E-state index in [-0.39, 0.29) is 0 Å². The minimum absolute atomic E-state index is 0.669. The van der Waals surface area contributed by atoms with E-state index in [2.05, 4.69) is 76.8 Å². The number of nitrogens with one attached hydrogen (secondary N) is 1. The van der Waals surface area contributed by atoms with Gasteiger partial charge in [0.05, 0.1) is 0 Å². The normalized spacial score (nSPS) is 24.8. The molecule has 2 aromatic carbocycles. The molecule has 4 nitrogen and oxygen atoms in total. The van der Waals surface area contributed by atoms with Crippen LogP contribution in [0.2, 0.25) is 0 Å². The van der Waals surface area contributed by atoms with Gasteiger partial charge in [0.2, 0.25) is 0 Å². The van der Waals surface area contributed by atoms with Gasteiger partial charge in [-0.15, -0.1) is 0 Å². The van der Waals surface area contributed by atoms with Crippen LogP contribution in [-0.4, -0.2) is 43.0 Å². The molecule has 1 saturated heterocycles. The molecule has 4 rings (SSSR count). The number of rotatable bonds is 2.